The molecule has 0 saturated carbocycles. The van der Waals surface area contributed by atoms with Gasteiger partial charge in [-0.3, -0.25) is 9.59 Å². The fourth-order valence-electron chi connectivity index (χ4n) is 4.16. The topological polar surface area (TPSA) is 91.7 Å². The Kier molecular flexibility index (Phi) is 9.02. The zero-order valence-electron chi connectivity index (χ0n) is 21.1. The third kappa shape index (κ3) is 6.93. The van der Waals surface area contributed by atoms with Crippen LogP contribution in [0.15, 0.2) is 72.3 Å². The summed E-state index contributed by atoms with van der Waals surface area (Å²) in [6, 6.07) is 21.2. The van der Waals surface area contributed by atoms with Crippen molar-refractivity contribution in [1.82, 2.24) is 4.90 Å². The number of rotatable bonds is 8. The van der Waals surface area contributed by atoms with Crippen LogP contribution in [0.1, 0.15) is 40.7 Å². The lowest BCUT2D eigenvalue weighted by Gasteiger charge is -2.26. The molecule has 194 valence electrons. The van der Waals surface area contributed by atoms with E-state index in [1.807, 2.05) is 35.2 Å². The van der Waals surface area contributed by atoms with Crippen molar-refractivity contribution in [2.24, 2.45) is 0 Å². The first-order valence-corrected chi connectivity index (χ1v) is 12.7. The highest BCUT2D eigenvalue weighted by molar-refractivity contribution is 6.31. The maximum Gasteiger partial charge on any atom is 0.266 e. The number of hydrogen-bond acceptors (Lipinski definition) is 5. The number of nitriles is 1. The van der Waals surface area contributed by atoms with Gasteiger partial charge in [0.2, 0.25) is 0 Å². The van der Waals surface area contributed by atoms with E-state index in [1.54, 1.807) is 42.5 Å². The first-order valence-electron chi connectivity index (χ1n) is 12.3. The zero-order valence-corrected chi connectivity index (χ0v) is 21.8. The van der Waals surface area contributed by atoms with Crippen LogP contribution in [0.5, 0.6) is 11.5 Å². The summed E-state index contributed by atoms with van der Waals surface area (Å²) in [6.07, 6.45) is 4.77. The number of piperidine rings is 1. The van der Waals surface area contributed by atoms with Gasteiger partial charge >= 0.3 is 0 Å². The second-order valence-electron chi connectivity index (χ2n) is 8.88. The number of anilines is 1. The molecule has 0 spiro atoms. The molecule has 1 heterocycles. The molecule has 0 unspecified atom stereocenters. The second-order valence-corrected chi connectivity index (χ2v) is 9.32. The van der Waals surface area contributed by atoms with Crippen LogP contribution in [0.4, 0.5) is 5.69 Å². The number of benzene rings is 3. The van der Waals surface area contributed by atoms with E-state index in [9.17, 15) is 14.9 Å². The SMILES string of the molecule is COc1cc(/C=C(/C#N)C(=O)Nc2cccc(Cl)c2)ccc1OCc1ccc(C(=O)N2CCCCC2)cc1. The van der Waals surface area contributed by atoms with Crippen molar-refractivity contribution in [3.63, 3.8) is 0 Å². The fraction of sp³-hybridized carbons (Fsp3) is 0.233. The van der Waals surface area contributed by atoms with Crippen LogP contribution in [-0.2, 0) is 11.4 Å². The molecule has 0 aromatic heterocycles. The third-order valence-electron chi connectivity index (χ3n) is 6.18. The molecule has 0 radical (unpaired) electrons. The van der Waals surface area contributed by atoms with Crippen molar-refractivity contribution in [3.05, 3.63) is 94.0 Å². The number of methoxy groups -OCH3 is 1. The van der Waals surface area contributed by atoms with Crippen LogP contribution in [0.2, 0.25) is 5.02 Å². The molecular formula is C30H28ClN3O4. The Labute approximate surface area is 227 Å². The number of hydrogen-bond donors (Lipinski definition) is 1. The summed E-state index contributed by atoms with van der Waals surface area (Å²) >= 11 is 5.96. The van der Waals surface area contributed by atoms with E-state index < -0.39 is 5.91 Å². The molecule has 38 heavy (non-hydrogen) atoms. The minimum atomic E-state index is -0.545. The highest BCUT2D eigenvalue weighted by Gasteiger charge is 2.18. The van der Waals surface area contributed by atoms with Crippen molar-refractivity contribution in [1.29, 1.82) is 5.26 Å². The number of nitrogens with zero attached hydrogens (tertiary/aromatic N) is 2. The molecule has 8 heteroatoms. The molecular weight excluding hydrogens is 502 g/mol. The largest absolute Gasteiger partial charge is 0.493 e. The van der Waals surface area contributed by atoms with E-state index in [4.69, 9.17) is 21.1 Å². The minimum absolute atomic E-state index is 0.0695. The van der Waals surface area contributed by atoms with Gasteiger partial charge in [0.05, 0.1) is 7.11 Å². The van der Waals surface area contributed by atoms with E-state index in [1.165, 1.54) is 19.6 Å². The lowest BCUT2D eigenvalue weighted by Crippen LogP contribution is -2.35. The quantitative estimate of drug-likeness (QED) is 0.281. The molecule has 0 atom stereocenters. The van der Waals surface area contributed by atoms with E-state index in [-0.39, 0.29) is 18.1 Å². The summed E-state index contributed by atoms with van der Waals surface area (Å²) in [5.74, 6) is 0.500. The molecule has 0 bridgehead atoms. The highest BCUT2D eigenvalue weighted by atomic mass is 35.5. The van der Waals surface area contributed by atoms with Crippen LogP contribution in [0.25, 0.3) is 6.08 Å². The summed E-state index contributed by atoms with van der Waals surface area (Å²) in [6.45, 7) is 1.92. The Morgan fingerprint density at radius 3 is 2.47 bits per heavy atom. The lowest BCUT2D eigenvalue weighted by molar-refractivity contribution is -0.112. The average Bonchev–Trinajstić information content (AvgIpc) is 2.95. The zero-order chi connectivity index (χ0) is 26.9. The van der Waals surface area contributed by atoms with Gasteiger partial charge in [-0.1, -0.05) is 35.9 Å². The van der Waals surface area contributed by atoms with Gasteiger partial charge in [-0.25, -0.2) is 0 Å². The first-order chi connectivity index (χ1) is 18.5. The van der Waals surface area contributed by atoms with E-state index in [0.717, 1.165) is 31.5 Å². The maximum atomic E-state index is 12.7. The summed E-state index contributed by atoms with van der Waals surface area (Å²) in [4.78, 5) is 27.2. The van der Waals surface area contributed by atoms with Crippen LogP contribution >= 0.6 is 11.6 Å². The summed E-state index contributed by atoms with van der Waals surface area (Å²) in [7, 11) is 1.52. The Bertz CT molecular complexity index is 1370. The highest BCUT2D eigenvalue weighted by Crippen LogP contribution is 2.30. The van der Waals surface area contributed by atoms with Crippen molar-refractivity contribution in [2.75, 3.05) is 25.5 Å². The van der Waals surface area contributed by atoms with Gasteiger partial charge in [0.1, 0.15) is 18.2 Å². The van der Waals surface area contributed by atoms with Gasteiger partial charge in [-0.05, 0) is 78.9 Å². The van der Waals surface area contributed by atoms with Crippen molar-refractivity contribution in [3.8, 4) is 17.6 Å². The number of likely N-dealkylation sites (tertiary alicyclic amines) is 1. The van der Waals surface area contributed by atoms with Gasteiger partial charge in [0, 0.05) is 29.4 Å². The number of ether oxygens (including phenoxy) is 2. The van der Waals surface area contributed by atoms with Crippen molar-refractivity contribution >= 4 is 35.2 Å². The molecule has 4 rings (SSSR count). The Morgan fingerprint density at radius 1 is 1.03 bits per heavy atom. The van der Waals surface area contributed by atoms with E-state index in [0.29, 0.717) is 33.3 Å². The predicted molar refractivity (Wildman–Crippen MR) is 147 cm³/mol. The van der Waals surface area contributed by atoms with Crippen LogP contribution in [-0.4, -0.2) is 36.9 Å². The third-order valence-corrected chi connectivity index (χ3v) is 6.42. The molecule has 3 aromatic carbocycles. The maximum absolute atomic E-state index is 12.7. The molecule has 1 aliphatic rings. The van der Waals surface area contributed by atoms with Crippen molar-refractivity contribution in [2.45, 2.75) is 25.9 Å². The summed E-state index contributed by atoms with van der Waals surface area (Å²) in [5, 5.41) is 12.7. The van der Waals surface area contributed by atoms with E-state index in [2.05, 4.69) is 5.32 Å². The molecule has 1 N–H and O–H groups in total. The number of nitrogens with one attached hydrogen (secondary N) is 1. The molecule has 0 aliphatic carbocycles. The van der Waals surface area contributed by atoms with Gasteiger partial charge < -0.3 is 19.7 Å². The fourth-order valence-corrected chi connectivity index (χ4v) is 4.35. The Balaban J connectivity index is 1.40. The van der Waals surface area contributed by atoms with E-state index >= 15 is 0 Å². The van der Waals surface area contributed by atoms with Crippen LogP contribution < -0.4 is 14.8 Å². The monoisotopic (exact) mass is 529 g/mol. The first kappa shape index (κ1) is 26.8. The normalized spacial score (nSPS) is 13.4. The van der Waals surface area contributed by atoms with Gasteiger partial charge in [-0.2, -0.15) is 5.26 Å². The van der Waals surface area contributed by atoms with Gasteiger partial charge in [0.25, 0.3) is 11.8 Å². The second kappa shape index (κ2) is 12.8. The number of halogens is 1. The average molecular weight is 530 g/mol. The molecule has 1 fully saturated rings. The predicted octanol–water partition coefficient (Wildman–Crippen LogP) is 6.10. The molecule has 1 saturated heterocycles. The molecule has 1 aliphatic heterocycles. The lowest BCUT2D eigenvalue weighted by atomic mass is 10.1. The Morgan fingerprint density at radius 2 is 1.79 bits per heavy atom. The number of carbonyl (C=O) groups is 2. The van der Waals surface area contributed by atoms with Crippen molar-refractivity contribution < 1.29 is 19.1 Å². The molecule has 2 amide bonds. The number of carbonyl (C=O) groups excluding carboxylic acids is 2. The van der Waals surface area contributed by atoms with Gasteiger partial charge in [0.15, 0.2) is 11.5 Å². The Hall–Kier alpha value is -4.28. The van der Waals surface area contributed by atoms with Crippen LogP contribution in [0, 0.1) is 11.3 Å². The minimum Gasteiger partial charge on any atom is -0.493 e. The summed E-state index contributed by atoms with van der Waals surface area (Å²) in [5.41, 5.74) is 2.62. The van der Waals surface area contributed by atoms with Crippen LogP contribution in [0.3, 0.4) is 0 Å². The van der Waals surface area contributed by atoms with Gasteiger partial charge in [-0.15, -0.1) is 0 Å². The molecule has 3 aromatic rings. The standard InChI is InChI=1S/C30H28ClN3O4/c1-37-28-17-22(16-24(19-32)29(35)33-26-7-5-6-25(31)18-26)10-13-27(28)38-20-21-8-11-23(12-9-21)30(36)34-14-3-2-4-15-34/h5-13,16-18H,2-4,14-15,20H2,1H3,(H,33,35)/b24-16-. The summed E-state index contributed by atoms with van der Waals surface area (Å²) < 4.78 is 11.4. The molecule has 7 nitrogen and oxygen atoms in total. The smallest absolute Gasteiger partial charge is 0.266 e. The number of amides is 2.